The smallest absolute Gasteiger partial charge is 0.222 e. The lowest BCUT2D eigenvalue weighted by molar-refractivity contribution is -0.127. The summed E-state index contributed by atoms with van der Waals surface area (Å²) in [6.07, 6.45) is 1.75. The average molecular weight is 272 g/mol. The fraction of sp³-hybridized carbons (Fsp3) is 0.923. The van der Waals surface area contributed by atoms with Gasteiger partial charge in [0.1, 0.15) is 0 Å². The number of nitrogens with zero attached hydrogens (tertiary/aromatic N) is 2. The van der Waals surface area contributed by atoms with Gasteiger partial charge >= 0.3 is 0 Å². The van der Waals surface area contributed by atoms with Crippen LogP contribution in [0.4, 0.5) is 0 Å². The highest BCUT2D eigenvalue weighted by Crippen LogP contribution is 2.19. The van der Waals surface area contributed by atoms with E-state index in [1.54, 1.807) is 0 Å². The van der Waals surface area contributed by atoms with Crippen LogP contribution in [0.1, 0.15) is 19.8 Å². The number of morpholine rings is 1. The van der Waals surface area contributed by atoms with Gasteiger partial charge in [-0.25, -0.2) is 0 Å². The molecule has 2 fully saturated rings. The van der Waals surface area contributed by atoms with E-state index in [2.05, 4.69) is 24.5 Å². The van der Waals surface area contributed by atoms with Crippen LogP contribution in [0.25, 0.3) is 0 Å². The summed E-state index contributed by atoms with van der Waals surface area (Å²) in [7, 11) is 0. The number of likely N-dealkylation sites (tertiary alicyclic amines) is 1. The van der Waals surface area contributed by atoms with Gasteiger partial charge in [0.05, 0.1) is 13.2 Å². The maximum absolute atomic E-state index is 11.8. The summed E-state index contributed by atoms with van der Waals surface area (Å²) in [6.45, 7) is 7.77. The van der Waals surface area contributed by atoms with E-state index in [4.69, 9.17) is 4.74 Å². The summed E-state index contributed by atoms with van der Waals surface area (Å²) in [5, 5.41) is 0. The van der Waals surface area contributed by atoms with E-state index in [0.717, 1.165) is 51.6 Å². The Balaban J connectivity index is 1.72. The van der Waals surface area contributed by atoms with Gasteiger partial charge in [-0.2, -0.15) is 12.6 Å². The van der Waals surface area contributed by atoms with Gasteiger partial charge in [-0.05, 0) is 25.0 Å². The van der Waals surface area contributed by atoms with E-state index in [9.17, 15) is 4.79 Å². The van der Waals surface area contributed by atoms with Gasteiger partial charge in [0, 0.05) is 38.6 Å². The third-order valence-corrected chi connectivity index (χ3v) is 4.55. The maximum Gasteiger partial charge on any atom is 0.222 e. The van der Waals surface area contributed by atoms with Crippen molar-refractivity contribution in [2.24, 2.45) is 5.92 Å². The van der Waals surface area contributed by atoms with Crippen molar-refractivity contribution in [3.8, 4) is 0 Å². The van der Waals surface area contributed by atoms with Crippen molar-refractivity contribution >= 4 is 18.5 Å². The number of thiol groups is 1. The van der Waals surface area contributed by atoms with E-state index in [0.29, 0.717) is 24.3 Å². The molecule has 0 bridgehead atoms. The van der Waals surface area contributed by atoms with Crippen LogP contribution in [0.5, 0.6) is 0 Å². The molecular formula is C13H24N2O2S. The second-order valence-corrected chi connectivity index (χ2v) is 5.74. The molecule has 2 aliphatic rings. The normalized spacial score (nSPS) is 27.8. The molecule has 0 aromatic carbocycles. The summed E-state index contributed by atoms with van der Waals surface area (Å²) in [5.41, 5.74) is 0. The van der Waals surface area contributed by atoms with E-state index in [-0.39, 0.29) is 0 Å². The van der Waals surface area contributed by atoms with Crippen LogP contribution in [0.3, 0.4) is 0 Å². The second-order valence-electron chi connectivity index (χ2n) is 5.38. The summed E-state index contributed by atoms with van der Waals surface area (Å²) in [5.74, 6) is 1.59. The number of hydrogen-bond acceptors (Lipinski definition) is 4. The first-order valence-corrected chi connectivity index (χ1v) is 7.54. The minimum atomic E-state index is 0.309. The molecular weight excluding hydrogens is 248 g/mol. The van der Waals surface area contributed by atoms with E-state index in [1.807, 2.05) is 4.90 Å². The first kappa shape index (κ1) is 14.2. The molecule has 2 heterocycles. The van der Waals surface area contributed by atoms with Crippen molar-refractivity contribution in [3.05, 3.63) is 0 Å². The Morgan fingerprint density at radius 1 is 1.44 bits per heavy atom. The van der Waals surface area contributed by atoms with Crippen molar-refractivity contribution < 1.29 is 9.53 Å². The molecule has 18 heavy (non-hydrogen) atoms. The largest absolute Gasteiger partial charge is 0.379 e. The Morgan fingerprint density at radius 2 is 2.17 bits per heavy atom. The molecule has 2 rings (SSSR count). The first-order valence-electron chi connectivity index (χ1n) is 6.91. The Hall–Kier alpha value is -0.260. The standard InChI is InChI=1S/C13H24N2O2S/c1-11(14-4-6-17-7-5-14)2-3-15-9-12(10-18)8-13(15)16/h11-12,18H,2-10H2,1H3. The summed E-state index contributed by atoms with van der Waals surface area (Å²) < 4.78 is 5.36. The maximum atomic E-state index is 11.8. The Kier molecular flexibility index (Phi) is 5.33. The lowest BCUT2D eigenvalue weighted by Crippen LogP contribution is -2.43. The second kappa shape index (κ2) is 6.78. The third kappa shape index (κ3) is 3.62. The predicted octanol–water partition coefficient (Wildman–Crippen LogP) is 0.875. The highest BCUT2D eigenvalue weighted by Gasteiger charge is 2.28. The summed E-state index contributed by atoms with van der Waals surface area (Å²) >= 11 is 4.29. The fourth-order valence-electron chi connectivity index (χ4n) is 2.74. The van der Waals surface area contributed by atoms with Gasteiger partial charge in [0.2, 0.25) is 5.91 Å². The van der Waals surface area contributed by atoms with Gasteiger partial charge < -0.3 is 9.64 Å². The van der Waals surface area contributed by atoms with Crippen LogP contribution < -0.4 is 0 Å². The SMILES string of the molecule is CC(CCN1CC(CS)CC1=O)N1CCOCC1. The number of rotatable bonds is 5. The van der Waals surface area contributed by atoms with Crippen LogP contribution in [0, 0.1) is 5.92 Å². The number of ether oxygens (including phenoxy) is 1. The topological polar surface area (TPSA) is 32.8 Å². The van der Waals surface area contributed by atoms with Crippen molar-refractivity contribution in [1.29, 1.82) is 0 Å². The van der Waals surface area contributed by atoms with Gasteiger partial charge in [0.25, 0.3) is 0 Å². The van der Waals surface area contributed by atoms with Crippen LogP contribution in [-0.2, 0) is 9.53 Å². The van der Waals surface area contributed by atoms with Gasteiger partial charge in [0.15, 0.2) is 0 Å². The molecule has 1 amide bonds. The fourth-order valence-corrected chi connectivity index (χ4v) is 2.98. The summed E-state index contributed by atoms with van der Waals surface area (Å²) in [6, 6.07) is 0.539. The minimum absolute atomic E-state index is 0.309. The van der Waals surface area contributed by atoms with E-state index >= 15 is 0 Å². The molecule has 0 aromatic heterocycles. The van der Waals surface area contributed by atoms with Crippen LogP contribution in [0.2, 0.25) is 0 Å². The number of amides is 1. The molecule has 0 saturated carbocycles. The molecule has 0 N–H and O–H groups in total. The zero-order valence-electron chi connectivity index (χ0n) is 11.2. The zero-order chi connectivity index (χ0) is 13.0. The Morgan fingerprint density at radius 3 is 2.78 bits per heavy atom. The van der Waals surface area contributed by atoms with Crippen molar-refractivity contribution in [2.75, 3.05) is 45.1 Å². The number of hydrogen-bond donors (Lipinski definition) is 1. The molecule has 0 spiro atoms. The monoisotopic (exact) mass is 272 g/mol. The first-order chi connectivity index (χ1) is 8.70. The highest BCUT2D eigenvalue weighted by atomic mass is 32.1. The molecule has 104 valence electrons. The predicted molar refractivity (Wildman–Crippen MR) is 75.0 cm³/mol. The minimum Gasteiger partial charge on any atom is -0.379 e. The average Bonchev–Trinajstić information content (AvgIpc) is 2.77. The number of carbonyl (C=O) groups is 1. The Bertz CT molecular complexity index is 282. The molecule has 0 radical (unpaired) electrons. The van der Waals surface area contributed by atoms with Crippen molar-refractivity contribution in [1.82, 2.24) is 9.80 Å². The molecule has 0 aromatic rings. The van der Waals surface area contributed by atoms with Crippen LogP contribution in [-0.4, -0.2) is 66.9 Å². The third-order valence-electron chi connectivity index (χ3n) is 4.04. The summed E-state index contributed by atoms with van der Waals surface area (Å²) in [4.78, 5) is 16.3. The molecule has 4 nitrogen and oxygen atoms in total. The molecule has 2 aliphatic heterocycles. The van der Waals surface area contributed by atoms with Crippen molar-refractivity contribution in [2.45, 2.75) is 25.8 Å². The molecule has 5 heteroatoms. The molecule has 2 atom stereocenters. The van der Waals surface area contributed by atoms with E-state index in [1.165, 1.54) is 0 Å². The Labute approximate surface area is 115 Å². The molecule has 2 unspecified atom stereocenters. The van der Waals surface area contributed by atoms with E-state index < -0.39 is 0 Å². The van der Waals surface area contributed by atoms with Gasteiger partial charge in [-0.1, -0.05) is 0 Å². The highest BCUT2D eigenvalue weighted by molar-refractivity contribution is 7.80. The molecule has 0 aliphatic carbocycles. The number of carbonyl (C=O) groups excluding carboxylic acids is 1. The van der Waals surface area contributed by atoms with Crippen LogP contribution >= 0.6 is 12.6 Å². The molecule has 2 saturated heterocycles. The van der Waals surface area contributed by atoms with Crippen molar-refractivity contribution in [3.63, 3.8) is 0 Å². The zero-order valence-corrected chi connectivity index (χ0v) is 12.1. The lowest BCUT2D eigenvalue weighted by atomic mass is 10.1. The van der Waals surface area contributed by atoms with Crippen LogP contribution in [0.15, 0.2) is 0 Å². The van der Waals surface area contributed by atoms with Gasteiger partial charge in [-0.15, -0.1) is 0 Å². The lowest BCUT2D eigenvalue weighted by Gasteiger charge is -2.33. The van der Waals surface area contributed by atoms with Gasteiger partial charge in [-0.3, -0.25) is 9.69 Å². The quantitative estimate of drug-likeness (QED) is 0.754.